The summed E-state index contributed by atoms with van der Waals surface area (Å²) in [4.78, 5) is 9.78. The summed E-state index contributed by atoms with van der Waals surface area (Å²) in [6, 6.07) is 6.00. The zero-order valence-corrected chi connectivity index (χ0v) is 10.2. The number of furan rings is 1. The maximum Gasteiger partial charge on any atom is 0.433 e. The summed E-state index contributed by atoms with van der Waals surface area (Å²) < 4.78 is 30.7. The first-order valence-corrected chi connectivity index (χ1v) is 5.73. The van der Waals surface area contributed by atoms with Crippen LogP contribution in [0.25, 0.3) is 0 Å². The Hall–Kier alpha value is -1.95. The molecule has 2 rings (SSSR count). The number of halogens is 3. The minimum Gasteiger partial charge on any atom is -0.404 e. The lowest BCUT2D eigenvalue weighted by atomic mass is 10.1. The van der Waals surface area contributed by atoms with Crippen molar-refractivity contribution in [3.05, 3.63) is 63.4 Å². The monoisotopic (exact) mass is 287 g/mol. The third-order valence-corrected chi connectivity index (χ3v) is 2.87. The Morgan fingerprint density at radius 2 is 2.00 bits per heavy atom. The Bertz CT molecular complexity index is 615. The van der Waals surface area contributed by atoms with Crippen LogP contribution in [0.2, 0.25) is 0 Å². The van der Waals surface area contributed by atoms with E-state index in [1.54, 1.807) is 0 Å². The summed E-state index contributed by atoms with van der Waals surface area (Å²) in [6.45, 7) is 0. The molecule has 0 saturated heterocycles. The van der Waals surface area contributed by atoms with Gasteiger partial charge in [0.15, 0.2) is 11.6 Å². The highest BCUT2D eigenvalue weighted by atomic mass is 35.5. The van der Waals surface area contributed by atoms with Gasteiger partial charge in [0, 0.05) is 0 Å². The van der Waals surface area contributed by atoms with E-state index in [-0.39, 0.29) is 12.2 Å². The van der Waals surface area contributed by atoms with Gasteiger partial charge in [0.25, 0.3) is 0 Å². The van der Waals surface area contributed by atoms with Gasteiger partial charge >= 0.3 is 5.88 Å². The summed E-state index contributed by atoms with van der Waals surface area (Å²) >= 11 is 6.02. The van der Waals surface area contributed by atoms with E-state index < -0.39 is 27.8 Å². The lowest BCUT2D eigenvalue weighted by Crippen LogP contribution is -1.96. The Morgan fingerprint density at radius 3 is 2.58 bits per heavy atom. The molecule has 1 aromatic carbocycles. The van der Waals surface area contributed by atoms with Crippen molar-refractivity contribution in [2.45, 2.75) is 11.8 Å². The Kier molecular flexibility index (Phi) is 3.80. The van der Waals surface area contributed by atoms with Crippen LogP contribution in [0, 0.1) is 21.7 Å². The van der Waals surface area contributed by atoms with E-state index in [2.05, 4.69) is 0 Å². The van der Waals surface area contributed by atoms with Gasteiger partial charge in [0.1, 0.15) is 10.7 Å². The molecule has 1 aromatic heterocycles. The van der Waals surface area contributed by atoms with Crippen LogP contribution < -0.4 is 0 Å². The first-order chi connectivity index (χ1) is 8.97. The molecule has 0 radical (unpaired) electrons. The van der Waals surface area contributed by atoms with Crippen molar-refractivity contribution in [1.29, 1.82) is 0 Å². The Morgan fingerprint density at radius 1 is 1.26 bits per heavy atom. The normalized spacial score (nSPS) is 12.4. The molecule has 1 heterocycles. The minimum atomic E-state index is -0.966. The molecule has 0 aliphatic carbocycles. The molecule has 0 N–H and O–H groups in total. The number of benzene rings is 1. The van der Waals surface area contributed by atoms with E-state index in [0.717, 1.165) is 12.1 Å². The van der Waals surface area contributed by atoms with Gasteiger partial charge in [-0.3, -0.25) is 10.1 Å². The molecule has 100 valence electrons. The number of nitro groups is 1. The standard InChI is InChI=1S/C12H8ClF2NO3/c13-8(11-3-4-12(19-11)16(17)18)5-7-1-2-9(14)10(15)6-7/h1-4,6,8H,5H2. The number of alkyl halides is 1. The molecule has 0 aliphatic heterocycles. The molecule has 0 spiro atoms. The zero-order valence-electron chi connectivity index (χ0n) is 9.48. The topological polar surface area (TPSA) is 56.3 Å². The SMILES string of the molecule is O=[N+]([O-])c1ccc(C(Cl)Cc2ccc(F)c(F)c2)o1. The third kappa shape index (κ3) is 3.08. The highest BCUT2D eigenvalue weighted by molar-refractivity contribution is 6.20. The van der Waals surface area contributed by atoms with Crippen molar-refractivity contribution in [2.75, 3.05) is 0 Å². The molecule has 0 saturated carbocycles. The molecule has 7 heteroatoms. The fraction of sp³-hybridized carbons (Fsp3) is 0.167. The van der Waals surface area contributed by atoms with Crippen LogP contribution in [0.3, 0.4) is 0 Å². The molecule has 1 unspecified atom stereocenters. The largest absolute Gasteiger partial charge is 0.433 e. The predicted octanol–water partition coefficient (Wildman–Crippen LogP) is 3.99. The smallest absolute Gasteiger partial charge is 0.404 e. The van der Waals surface area contributed by atoms with E-state index in [0.29, 0.717) is 5.56 Å². The molecule has 1 atom stereocenters. The number of hydrogen-bond donors (Lipinski definition) is 0. The van der Waals surface area contributed by atoms with Gasteiger partial charge in [-0.05, 0) is 30.2 Å². The van der Waals surface area contributed by atoms with Crippen LogP contribution >= 0.6 is 11.6 Å². The summed E-state index contributed by atoms with van der Waals surface area (Å²) in [5.74, 6) is -2.11. The first kappa shape index (κ1) is 13.5. The van der Waals surface area contributed by atoms with Crippen molar-refractivity contribution in [2.24, 2.45) is 0 Å². The Balaban J connectivity index is 2.13. The molecule has 19 heavy (non-hydrogen) atoms. The fourth-order valence-electron chi connectivity index (χ4n) is 1.58. The first-order valence-electron chi connectivity index (χ1n) is 5.29. The average molecular weight is 288 g/mol. The van der Waals surface area contributed by atoms with Crippen molar-refractivity contribution in [3.63, 3.8) is 0 Å². The lowest BCUT2D eigenvalue weighted by molar-refractivity contribution is -0.402. The minimum absolute atomic E-state index is 0.170. The summed E-state index contributed by atoms with van der Waals surface area (Å²) in [5, 5.41) is 9.76. The van der Waals surface area contributed by atoms with Gasteiger partial charge in [-0.2, -0.15) is 0 Å². The van der Waals surface area contributed by atoms with E-state index in [1.807, 2.05) is 0 Å². The van der Waals surface area contributed by atoms with Gasteiger partial charge in [-0.1, -0.05) is 6.07 Å². The molecular weight excluding hydrogens is 280 g/mol. The van der Waals surface area contributed by atoms with Crippen molar-refractivity contribution >= 4 is 17.5 Å². The van der Waals surface area contributed by atoms with Gasteiger partial charge in [-0.15, -0.1) is 11.6 Å². The second-order valence-electron chi connectivity index (χ2n) is 3.85. The van der Waals surface area contributed by atoms with Gasteiger partial charge in [0.05, 0.1) is 11.4 Å². The van der Waals surface area contributed by atoms with Gasteiger partial charge in [-0.25, -0.2) is 8.78 Å². The average Bonchev–Trinajstić information content (AvgIpc) is 2.83. The summed E-state index contributed by atoms with van der Waals surface area (Å²) in [5.41, 5.74) is 0.470. The van der Waals surface area contributed by atoms with Crippen LogP contribution in [0.15, 0.2) is 34.7 Å². The second-order valence-corrected chi connectivity index (χ2v) is 4.38. The van der Waals surface area contributed by atoms with E-state index in [9.17, 15) is 18.9 Å². The molecule has 4 nitrogen and oxygen atoms in total. The highest BCUT2D eigenvalue weighted by Crippen LogP contribution is 2.29. The molecule has 0 bridgehead atoms. The lowest BCUT2D eigenvalue weighted by Gasteiger charge is -2.06. The van der Waals surface area contributed by atoms with Gasteiger partial charge in [0.2, 0.25) is 0 Å². The number of rotatable bonds is 4. The number of hydrogen-bond acceptors (Lipinski definition) is 3. The molecule has 2 aromatic rings. The van der Waals surface area contributed by atoms with Crippen LogP contribution in [0.4, 0.5) is 14.7 Å². The second kappa shape index (κ2) is 5.36. The summed E-state index contributed by atoms with van der Waals surface area (Å²) in [7, 11) is 0. The van der Waals surface area contributed by atoms with E-state index in [1.165, 1.54) is 18.2 Å². The van der Waals surface area contributed by atoms with Crippen molar-refractivity contribution < 1.29 is 18.1 Å². The molecular formula is C12H8ClF2NO3. The summed E-state index contributed by atoms with van der Waals surface area (Å²) in [6.07, 6.45) is 0.170. The van der Waals surface area contributed by atoms with Crippen LogP contribution in [-0.2, 0) is 6.42 Å². The molecule has 0 aliphatic rings. The van der Waals surface area contributed by atoms with Crippen molar-refractivity contribution in [3.8, 4) is 0 Å². The maximum atomic E-state index is 13.0. The number of nitrogens with zero attached hydrogens (tertiary/aromatic N) is 1. The maximum absolute atomic E-state index is 13.0. The van der Waals surface area contributed by atoms with Crippen molar-refractivity contribution in [1.82, 2.24) is 0 Å². The van der Waals surface area contributed by atoms with E-state index >= 15 is 0 Å². The highest BCUT2D eigenvalue weighted by Gasteiger charge is 2.18. The van der Waals surface area contributed by atoms with Crippen LogP contribution in [0.1, 0.15) is 16.7 Å². The predicted molar refractivity (Wildman–Crippen MR) is 64.0 cm³/mol. The van der Waals surface area contributed by atoms with Crippen LogP contribution in [-0.4, -0.2) is 4.92 Å². The zero-order chi connectivity index (χ0) is 14.0. The quantitative estimate of drug-likeness (QED) is 0.485. The Labute approximate surface area is 111 Å². The third-order valence-electron chi connectivity index (χ3n) is 2.50. The molecule has 0 amide bonds. The van der Waals surface area contributed by atoms with Crippen LogP contribution in [0.5, 0.6) is 0 Å². The van der Waals surface area contributed by atoms with Gasteiger partial charge < -0.3 is 4.42 Å². The van der Waals surface area contributed by atoms with E-state index in [4.69, 9.17) is 16.0 Å². The molecule has 0 fully saturated rings. The fourth-order valence-corrected chi connectivity index (χ4v) is 1.88.